The zero-order valence-electron chi connectivity index (χ0n) is 17.7. The predicted molar refractivity (Wildman–Crippen MR) is 114 cm³/mol. The molecule has 3 aromatic rings. The highest BCUT2D eigenvalue weighted by Gasteiger charge is 2.23. The number of esters is 3. The molecule has 0 saturated carbocycles. The van der Waals surface area contributed by atoms with Crippen LogP contribution in [0.1, 0.15) is 38.2 Å². The third-order valence-electron chi connectivity index (χ3n) is 4.63. The van der Waals surface area contributed by atoms with Gasteiger partial charge in [-0.25, -0.2) is 19.2 Å². The molecule has 8 heteroatoms. The first-order valence-corrected chi connectivity index (χ1v) is 9.62. The molecule has 0 aliphatic heterocycles. The van der Waals surface area contributed by atoms with Crippen LogP contribution in [0.5, 0.6) is 0 Å². The SMILES string of the molecule is CCOC(=O)c1oc(=O)cc(-c2ccc(C(=O)OC)cc2)c1-c1ccc(C(=O)OC)cc1. The monoisotopic (exact) mass is 436 g/mol. The lowest BCUT2D eigenvalue weighted by Crippen LogP contribution is -2.12. The van der Waals surface area contributed by atoms with Gasteiger partial charge in [0.2, 0.25) is 5.76 Å². The Morgan fingerprint density at radius 3 is 1.75 bits per heavy atom. The fourth-order valence-electron chi connectivity index (χ4n) is 3.14. The minimum atomic E-state index is -0.801. The first-order valence-electron chi connectivity index (χ1n) is 9.62. The Balaban J connectivity index is 2.23. The summed E-state index contributed by atoms with van der Waals surface area (Å²) in [5.74, 6) is -2.09. The highest BCUT2D eigenvalue weighted by atomic mass is 16.5. The van der Waals surface area contributed by atoms with Gasteiger partial charge in [0.15, 0.2) is 0 Å². The standard InChI is InChI=1S/C24H20O8/c1-4-31-24(28)21-20(15-7-11-17(12-8-15)23(27)30-3)18(13-19(25)32-21)14-5-9-16(10-6-14)22(26)29-2/h5-13H,4H2,1-3H3. The maximum absolute atomic E-state index is 12.6. The molecule has 0 bridgehead atoms. The second kappa shape index (κ2) is 9.74. The van der Waals surface area contributed by atoms with Crippen LogP contribution in [0.15, 0.2) is 63.8 Å². The summed E-state index contributed by atoms with van der Waals surface area (Å²) in [6, 6.07) is 13.9. The Hall–Kier alpha value is -4.20. The van der Waals surface area contributed by atoms with E-state index < -0.39 is 23.5 Å². The molecule has 0 unspecified atom stereocenters. The third-order valence-corrected chi connectivity index (χ3v) is 4.63. The highest BCUT2D eigenvalue weighted by Crippen LogP contribution is 2.35. The maximum atomic E-state index is 12.6. The van der Waals surface area contributed by atoms with Gasteiger partial charge in [0.25, 0.3) is 0 Å². The quantitative estimate of drug-likeness (QED) is 0.425. The first-order chi connectivity index (χ1) is 15.4. The lowest BCUT2D eigenvalue weighted by atomic mass is 9.93. The number of methoxy groups -OCH3 is 2. The van der Waals surface area contributed by atoms with E-state index in [2.05, 4.69) is 0 Å². The van der Waals surface area contributed by atoms with Crippen LogP contribution in [-0.2, 0) is 14.2 Å². The lowest BCUT2D eigenvalue weighted by Gasteiger charge is -2.14. The first kappa shape index (κ1) is 22.5. The molecule has 0 N–H and O–H groups in total. The molecule has 0 atom stereocenters. The molecule has 32 heavy (non-hydrogen) atoms. The van der Waals surface area contributed by atoms with Gasteiger partial charge in [-0.15, -0.1) is 0 Å². The van der Waals surface area contributed by atoms with Crippen LogP contribution >= 0.6 is 0 Å². The summed E-state index contributed by atoms with van der Waals surface area (Å²) in [5.41, 5.74) is 1.68. The Kier molecular flexibility index (Phi) is 6.84. The van der Waals surface area contributed by atoms with Crippen molar-refractivity contribution in [3.05, 3.63) is 81.9 Å². The average Bonchev–Trinajstić information content (AvgIpc) is 2.82. The fraction of sp³-hybridized carbons (Fsp3) is 0.167. The molecule has 0 fully saturated rings. The van der Waals surface area contributed by atoms with Crippen molar-refractivity contribution in [1.82, 2.24) is 0 Å². The van der Waals surface area contributed by atoms with Crippen LogP contribution in [0.25, 0.3) is 22.3 Å². The summed E-state index contributed by atoms with van der Waals surface area (Å²) in [7, 11) is 2.55. The molecule has 0 aliphatic rings. The van der Waals surface area contributed by atoms with Crippen molar-refractivity contribution in [3.8, 4) is 22.3 Å². The van der Waals surface area contributed by atoms with Crippen LogP contribution < -0.4 is 5.63 Å². The Morgan fingerprint density at radius 1 is 0.781 bits per heavy atom. The summed E-state index contributed by atoms with van der Waals surface area (Å²) in [6.45, 7) is 1.72. The molecule has 164 valence electrons. The molecule has 2 aromatic carbocycles. The van der Waals surface area contributed by atoms with Gasteiger partial charge in [0.1, 0.15) is 0 Å². The smallest absolute Gasteiger partial charge is 0.375 e. The molecule has 1 heterocycles. The van der Waals surface area contributed by atoms with Gasteiger partial charge >= 0.3 is 23.5 Å². The van der Waals surface area contributed by atoms with Crippen LogP contribution in [0.2, 0.25) is 0 Å². The van der Waals surface area contributed by atoms with Gasteiger partial charge in [-0.05, 0) is 42.3 Å². The van der Waals surface area contributed by atoms with E-state index in [0.717, 1.165) is 0 Å². The van der Waals surface area contributed by atoms with Crippen LogP contribution in [0.4, 0.5) is 0 Å². The van der Waals surface area contributed by atoms with E-state index in [0.29, 0.717) is 33.4 Å². The van der Waals surface area contributed by atoms with Crippen molar-refractivity contribution in [1.29, 1.82) is 0 Å². The van der Waals surface area contributed by atoms with E-state index in [4.69, 9.17) is 18.6 Å². The number of hydrogen-bond donors (Lipinski definition) is 0. The van der Waals surface area contributed by atoms with E-state index in [1.54, 1.807) is 43.3 Å². The lowest BCUT2D eigenvalue weighted by molar-refractivity contribution is 0.0485. The number of carbonyl (C=O) groups excluding carboxylic acids is 3. The Bertz CT molecular complexity index is 1200. The molecule has 3 rings (SSSR count). The van der Waals surface area contributed by atoms with E-state index in [-0.39, 0.29) is 12.4 Å². The van der Waals surface area contributed by atoms with Gasteiger partial charge in [-0.1, -0.05) is 24.3 Å². The Morgan fingerprint density at radius 2 is 1.28 bits per heavy atom. The predicted octanol–water partition coefficient (Wildman–Crippen LogP) is 3.72. The molecule has 0 amide bonds. The molecule has 0 aliphatic carbocycles. The van der Waals surface area contributed by atoms with Crippen molar-refractivity contribution in [2.45, 2.75) is 6.92 Å². The third kappa shape index (κ3) is 4.59. The van der Waals surface area contributed by atoms with Gasteiger partial charge in [0, 0.05) is 17.2 Å². The minimum absolute atomic E-state index is 0.0846. The zero-order valence-corrected chi connectivity index (χ0v) is 17.7. The minimum Gasteiger partial charge on any atom is -0.465 e. The van der Waals surface area contributed by atoms with E-state index in [1.807, 2.05) is 0 Å². The van der Waals surface area contributed by atoms with Crippen LogP contribution in [0.3, 0.4) is 0 Å². The number of hydrogen-bond acceptors (Lipinski definition) is 8. The van der Waals surface area contributed by atoms with Gasteiger partial charge in [-0.3, -0.25) is 0 Å². The van der Waals surface area contributed by atoms with Crippen LogP contribution in [-0.4, -0.2) is 38.7 Å². The maximum Gasteiger partial charge on any atom is 0.375 e. The normalized spacial score (nSPS) is 10.3. The van der Waals surface area contributed by atoms with Gasteiger partial charge < -0.3 is 18.6 Å². The van der Waals surface area contributed by atoms with E-state index >= 15 is 0 Å². The highest BCUT2D eigenvalue weighted by molar-refractivity contribution is 6.00. The van der Waals surface area contributed by atoms with Gasteiger partial charge in [0.05, 0.1) is 32.0 Å². The molecule has 0 radical (unpaired) electrons. The number of rotatable bonds is 6. The largest absolute Gasteiger partial charge is 0.465 e. The Labute approximate surface area is 183 Å². The summed E-state index contributed by atoms with van der Waals surface area (Å²) in [6.07, 6.45) is 0. The number of ether oxygens (including phenoxy) is 3. The summed E-state index contributed by atoms with van der Waals surface area (Å²) in [4.78, 5) is 48.4. The average molecular weight is 436 g/mol. The fourth-order valence-corrected chi connectivity index (χ4v) is 3.14. The van der Waals surface area contributed by atoms with Crippen molar-refractivity contribution in [2.75, 3.05) is 20.8 Å². The number of carbonyl (C=O) groups is 3. The molecule has 0 saturated heterocycles. The summed E-state index contributed by atoms with van der Waals surface area (Å²) >= 11 is 0. The van der Waals surface area contributed by atoms with Crippen LogP contribution in [0, 0.1) is 0 Å². The van der Waals surface area contributed by atoms with Crippen molar-refractivity contribution >= 4 is 17.9 Å². The molecule has 0 spiro atoms. The summed E-state index contributed by atoms with van der Waals surface area (Å²) in [5, 5.41) is 0. The zero-order chi connectivity index (χ0) is 23.3. The van der Waals surface area contributed by atoms with Crippen molar-refractivity contribution in [3.63, 3.8) is 0 Å². The van der Waals surface area contributed by atoms with Crippen molar-refractivity contribution in [2.24, 2.45) is 0 Å². The van der Waals surface area contributed by atoms with E-state index in [1.165, 1.54) is 32.4 Å². The second-order valence-electron chi connectivity index (χ2n) is 6.54. The van der Waals surface area contributed by atoms with Crippen molar-refractivity contribution < 1.29 is 33.0 Å². The second-order valence-corrected chi connectivity index (χ2v) is 6.54. The topological polar surface area (TPSA) is 109 Å². The van der Waals surface area contributed by atoms with E-state index in [9.17, 15) is 19.2 Å². The molecule has 8 nitrogen and oxygen atoms in total. The molecular formula is C24H20O8. The molecular weight excluding hydrogens is 416 g/mol. The summed E-state index contributed by atoms with van der Waals surface area (Å²) < 4.78 is 19.7. The molecule has 1 aromatic heterocycles. The van der Waals surface area contributed by atoms with Gasteiger partial charge in [-0.2, -0.15) is 0 Å². The number of benzene rings is 2.